The van der Waals surface area contributed by atoms with Crippen LogP contribution in [0.3, 0.4) is 0 Å². The highest BCUT2D eigenvalue weighted by Gasteiger charge is 2.54. The van der Waals surface area contributed by atoms with Gasteiger partial charge in [0.1, 0.15) is 36.3 Å². The first-order valence-electron chi connectivity index (χ1n) is 11.9. The summed E-state index contributed by atoms with van der Waals surface area (Å²) in [6.45, 7) is 0.368. The van der Waals surface area contributed by atoms with Gasteiger partial charge in [0.2, 0.25) is 5.91 Å². The zero-order valence-corrected chi connectivity index (χ0v) is 20.7. The van der Waals surface area contributed by atoms with Crippen molar-refractivity contribution < 1.29 is 74.1 Å². The average Bonchev–Trinajstić information content (AvgIpc) is 3.19. The molecule has 1 amide bonds. The lowest BCUT2D eigenvalue weighted by Gasteiger charge is -2.46. The molecule has 16 nitrogen and oxygen atoms in total. The Morgan fingerprint density at radius 1 is 1.00 bits per heavy atom. The molecular weight excluding hydrogens is 518 g/mol. The first-order chi connectivity index (χ1) is 18.0. The van der Waals surface area contributed by atoms with Gasteiger partial charge in [-0.2, -0.15) is 0 Å². The van der Waals surface area contributed by atoms with E-state index in [1.54, 1.807) is 6.92 Å². The summed E-state index contributed by atoms with van der Waals surface area (Å²) in [5.41, 5.74) is 0. The van der Waals surface area contributed by atoms with Gasteiger partial charge in [0.05, 0.1) is 38.4 Å². The van der Waals surface area contributed by atoms with Gasteiger partial charge in [-0.05, 0) is 6.08 Å². The number of aliphatic hydroxyl groups excluding tert-OH is 7. The number of carboxylic acid groups (broad SMARTS) is 1. The van der Waals surface area contributed by atoms with Crippen LogP contribution in [-0.2, 0) is 33.3 Å². The summed E-state index contributed by atoms with van der Waals surface area (Å²) in [5.74, 6) is -1.76. The SMILES string of the molecule is COC1OC(CO)C(OC2OC(CO)C(C)C(O)C2O)C(O)C1O.O=C(O)C1C(=CCO)OC2CC(=O)N21. The third-order valence-corrected chi connectivity index (χ3v) is 6.88. The number of methoxy groups -OCH3 is 1. The van der Waals surface area contributed by atoms with Crippen molar-refractivity contribution in [3.63, 3.8) is 0 Å². The van der Waals surface area contributed by atoms with Crippen molar-refractivity contribution in [1.82, 2.24) is 4.90 Å². The average molecular weight is 554 g/mol. The van der Waals surface area contributed by atoms with Crippen molar-refractivity contribution in [3.8, 4) is 0 Å². The Balaban J connectivity index is 0.000000241. The van der Waals surface area contributed by atoms with E-state index in [1.165, 1.54) is 18.1 Å². The molecule has 0 aromatic rings. The number of carbonyl (C=O) groups is 2. The largest absolute Gasteiger partial charge is 0.479 e. The maximum Gasteiger partial charge on any atom is 0.334 e. The predicted molar refractivity (Wildman–Crippen MR) is 119 cm³/mol. The van der Waals surface area contributed by atoms with Crippen LogP contribution >= 0.6 is 0 Å². The van der Waals surface area contributed by atoms with Crippen molar-refractivity contribution in [2.75, 3.05) is 26.9 Å². The van der Waals surface area contributed by atoms with Gasteiger partial charge in [-0.15, -0.1) is 0 Å². The third kappa shape index (κ3) is 5.95. The van der Waals surface area contributed by atoms with Crippen molar-refractivity contribution in [2.45, 2.75) is 80.9 Å². The van der Waals surface area contributed by atoms with Crippen LogP contribution in [0.1, 0.15) is 13.3 Å². The van der Waals surface area contributed by atoms with E-state index < -0.39 is 92.7 Å². The van der Waals surface area contributed by atoms with Crippen LogP contribution in [0.4, 0.5) is 0 Å². The standard InChI is InChI=1S/C14H26O10.C8H9NO5/c1-5-6(3-15)22-14(10(19)8(5)17)24-12-7(4-16)23-13(21-2)11(20)9(12)18;10-2-1-4-7(8(12)13)9-5(11)3-6(9)14-4/h5-20H,3-4H2,1-2H3;1,6-7,10H,2-3H2,(H,12,13). The highest BCUT2D eigenvalue weighted by atomic mass is 16.7. The molecule has 16 heteroatoms. The molecule has 0 aromatic heterocycles. The summed E-state index contributed by atoms with van der Waals surface area (Å²) in [5, 5.41) is 76.5. The minimum absolute atomic E-state index is 0.149. The van der Waals surface area contributed by atoms with E-state index in [-0.39, 0.29) is 24.7 Å². The molecule has 4 rings (SSSR count). The zero-order valence-electron chi connectivity index (χ0n) is 20.7. The molecule has 0 spiro atoms. The van der Waals surface area contributed by atoms with E-state index in [0.717, 1.165) is 0 Å². The van der Waals surface area contributed by atoms with Gasteiger partial charge >= 0.3 is 5.97 Å². The van der Waals surface area contributed by atoms with Gasteiger partial charge in [-0.1, -0.05) is 6.92 Å². The van der Waals surface area contributed by atoms with Crippen LogP contribution in [0.15, 0.2) is 11.8 Å². The van der Waals surface area contributed by atoms with E-state index in [2.05, 4.69) is 0 Å². The van der Waals surface area contributed by atoms with Gasteiger partial charge in [-0.3, -0.25) is 9.69 Å². The first-order valence-corrected chi connectivity index (χ1v) is 11.9. The molecule has 38 heavy (non-hydrogen) atoms. The topological polar surface area (TPSA) is 245 Å². The summed E-state index contributed by atoms with van der Waals surface area (Å²) < 4.78 is 26.3. The number of amides is 1. The van der Waals surface area contributed by atoms with E-state index in [0.29, 0.717) is 0 Å². The van der Waals surface area contributed by atoms with E-state index in [4.69, 9.17) is 33.9 Å². The predicted octanol–water partition coefficient (Wildman–Crippen LogP) is -4.56. The number of ether oxygens (including phenoxy) is 5. The smallest absolute Gasteiger partial charge is 0.334 e. The number of hydrogen-bond donors (Lipinski definition) is 8. The molecule has 0 aliphatic carbocycles. The highest BCUT2D eigenvalue weighted by Crippen LogP contribution is 2.36. The summed E-state index contributed by atoms with van der Waals surface area (Å²) in [7, 11) is 1.27. The summed E-state index contributed by atoms with van der Waals surface area (Å²) in [4.78, 5) is 23.1. The first kappa shape index (κ1) is 30.6. The van der Waals surface area contributed by atoms with Gasteiger partial charge in [0, 0.05) is 13.0 Å². The number of β-lactam (4-membered cyclic amide) rings is 1. The molecular formula is C22H35NO15. The van der Waals surface area contributed by atoms with Crippen molar-refractivity contribution >= 4 is 11.9 Å². The van der Waals surface area contributed by atoms with E-state index >= 15 is 0 Å². The van der Waals surface area contributed by atoms with Crippen LogP contribution in [0.2, 0.25) is 0 Å². The van der Waals surface area contributed by atoms with Crippen molar-refractivity contribution in [1.29, 1.82) is 0 Å². The number of carbonyl (C=O) groups excluding carboxylic acids is 1. The van der Waals surface area contributed by atoms with E-state index in [1.807, 2.05) is 0 Å². The number of carboxylic acids is 1. The second kappa shape index (κ2) is 12.9. The van der Waals surface area contributed by atoms with Crippen LogP contribution < -0.4 is 0 Å². The number of aliphatic hydroxyl groups is 7. The fourth-order valence-electron chi connectivity index (χ4n) is 4.62. The second-order valence-electron chi connectivity index (χ2n) is 9.22. The van der Waals surface area contributed by atoms with Crippen LogP contribution in [0.25, 0.3) is 0 Å². The van der Waals surface area contributed by atoms with Gasteiger partial charge in [0.15, 0.2) is 24.8 Å². The number of rotatable bonds is 7. The normalized spacial score (nSPS) is 43.6. The molecule has 4 aliphatic heterocycles. The Kier molecular flexibility index (Phi) is 10.4. The van der Waals surface area contributed by atoms with Crippen molar-refractivity contribution in [3.05, 3.63) is 11.8 Å². The third-order valence-electron chi connectivity index (χ3n) is 6.88. The molecule has 218 valence electrons. The molecule has 4 heterocycles. The monoisotopic (exact) mass is 553 g/mol. The quantitative estimate of drug-likeness (QED) is 0.138. The fraction of sp³-hybridized carbons (Fsp3) is 0.818. The van der Waals surface area contributed by atoms with Gasteiger partial charge in [-0.25, -0.2) is 4.79 Å². The molecule has 12 atom stereocenters. The molecule has 12 unspecified atom stereocenters. The molecule has 0 aromatic carbocycles. The van der Waals surface area contributed by atoms with Crippen molar-refractivity contribution in [2.24, 2.45) is 5.92 Å². The molecule has 0 saturated carbocycles. The number of fused-ring (bicyclic) bond motifs is 1. The molecule has 8 N–H and O–H groups in total. The lowest BCUT2D eigenvalue weighted by atomic mass is 9.91. The van der Waals surface area contributed by atoms with Gasteiger partial charge in [0.25, 0.3) is 0 Å². The molecule has 4 saturated heterocycles. The minimum atomic E-state index is -1.49. The maximum atomic E-state index is 11.1. The lowest BCUT2D eigenvalue weighted by Crippen LogP contribution is -2.63. The maximum absolute atomic E-state index is 11.1. The number of hydrogen-bond acceptors (Lipinski definition) is 14. The van der Waals surface area contributed by atoms with Gasteiger partial charge < -0.3 is 64.5 Å². The second-order valence-corrected chi connectivity index (χ2v) is 9.22. The molecule has 0 bridgehead atoms. The summed E-state index contributed by atoms with van der Waals surface area (Å²) >= 11 is 0. The number of nitrogens with zero attached hydrogens (tertiary/aromatic N) is 1. The lowest BCUT2D eigenvalue weighted by molar-refractivity contribution is -0.353. The van der Waals surface area contributed by atoms with E-state index in [9.17, 15) is 40.2 Å². The molecule has 0 radical (unpaired) electrons. The number of aliphatic carboxylic acids is 1. The Morgan fingerprint density at radius 3 is 2.13 bits per heavy atom. The van der Waals surface area contributed by atoms with Crippen LogP contribution in [0, 0.1) is 5.92 Å². The minimum Gasteiger partial charge on any atom is -0.479 e. The summed E-state index contributed by atoms with van der Waals surface area (Å²) in [6.07, 6.45) is -10.1. The Bertz CT molecular complexity index is 853. The van der Waals surface area contributed by atoms with Crippen LogP contribution in [-0.4, -0.2) is 152 Å². The molecule has 4 aliphatic rings. The molecule has 4 fully saturated rings. The van der Waals surface area contributed by atoms with Crippen LogP contribution in [0.5, 0.6) is 0 Å². The highest BCUT2D eigenvalue weighted by molar-refractivity contribution is 5.91. The Morgan fingerprint density at radius 2 is 1.61 bits per heavy atom. The summed E-state index contributed by atoms with van der Waals surface area (Å²) in [6, 6.07) is -1.06. The Hall–Kier alpha value is -1.96. The fourth-order valence-corrected chi connectivity index (χ4v) is 4.62. The zero-order chi connectivity index (χ0) is 28.3. The Labute approximate surface area is 217 Å².